The second-order valence-corrected chi connectivity index (χ2v) is 7.66. The lowest BCUT2D eigenvalue weighted by Crippen LogP contribution is -2.50. The topological polar surface area (TPSA) is 51.5 Å². The Morgan fingerprint density at radius 1 is 1.24 bits per heavy atom. The zero-order valence-corrected chi connectivity index (χ0v) is 15.7. The molecule has 1 spiro atoms. The Labute approximate surface area is 154 Å². The van der Waals surface area contributed by atoms with Crippen molar-refractivity contribution in [3.63, 3.8) is 0 Å². The third-order valence-corrected chi connectivity index (χ3v) is 6.07. The molecule has 1 saturated carbocycles. The molecule has 4 rings (SSSR count). The summed E-state index contributed by atoms with van der Waals surface area (Å²) in [4.78, 5) is 27.4. The van der Waals surface area contributed by atoms with Crippen LogP contribution < -0.4 is 10.2 Å². The largest absolute Gasteiger partial charge is 0.483 e. The van der Waals surface area contributed by atoms with Crippen LogP contribution in [-0.2, 0) is 6.61 Å². The highest BCUT2D eigenvalue weighted by atomic mass is 79.9. The van der Waals surface area contributed by atoms with Crippen molar-refractivity contribution in [2.75, 3.05) is 7.05 Å². The molecule has 2 heterocycles. The van der Waals surface area contributed by atoms with Gasteiger partial charge < -0.3 is 14.2 Å². The van der Waals surface area contributed by atoms with Crippen LogP contribution in [0, 0.1) is 0 Å². The van der Waals surface area contributed by atoms with Crippen LogP contribution in [0.3, 0.4) is 0 Å². The molecule has 6 heteroatoms. The minimum Gasteiger partial charge on any atom is -0.483 e. The second kappa shape index (κ2) is 5.73. The van der Waals surface area contributed by atoms with E-state index in [9.17, 15) is 9.59 Å². The van der Waals surface area contributed by atoms with Gasteiger partial charge in [0.2, 0.25) is 5.43 Å². The highest BCUT2D eigenvalue weighted by Gasteiger charge is 2.57. The average Bonchev–Trinajstić information content (AvgIpc) is 3.42. The maximum Gasteiger partial charge on any atom is 0.274 e. The van der Waals surface area contributed by atoms with Crippen molar-refractivity contribution >= 4 is 21.8 Å². The van der Waals surface area contributed by atoms with Crippen LogP contribution in [0.1, 0.15) is 41.9 Å². The number of ether oxygens (including phenoxy) is 1. The zero-order valence-electron chi connectivity index (χ0n) is 14.2. The van der Waals surface area contributed by atoms with Gasteiger partial charge in [-0.15, -0.1) is 0 Å². The Kier molecular flexibility index (Phi) is 3.76. The summed E-state index contributed by atoms with van der Waals surface area (Å²) in [6.45, 7) is 2.34. The van der Waals surface area contributed by atoms with Crippen molar-refractivity contribution in [3.8, 4) is 5.75 Å². The highest BCUT2D eigenvalue weighted by Crippen LogP contribution is 2.53. The molecule has 130 valence electrons. The molecule has 1 aromatic heterocycles. The first-order valence-corrected chi connectivity index (χ1v) is 9.14. The normalized spacial score (nSPS) is 20.5. The lowest BCUT2D eigenvalue weighted by atomic mass is 10.0. The first kappa shape index (κ1) is 16.4. The summed E-state index contributed by atoms with van der Waals surface area (Å²) in [7, 11) is 1.82. The maximum atomic E-state index is 13.0. The molecule has 2 aromatic rings. The van der Waals surface area contributed by atoms with Crippen molar-refractivity contribution in [1.29, 1.82) is 0 Å². The number of carbonyl (C=O) groups is 1. The lowest BCUT2D eigenvalue weighted by molar-refractivity contribution is 0.0548. The molecule has 1 fully saturated rings. The van der Waals surface area contributed by atoms with Crippen LogP contribution in [0.25, 0.3) is 0 Å². The minimum absolute atomic E-state index is 0.0983. The zero-order chi connectivity index (χ0) is 17.8. The standard InChI is InChI=1S/C19H19BrN2O3/c1-12-19(8-9-19)21(2)18(24)15-17(16(23)14(20)10-22(12)15)25-11-13-6-4-3-5-7-13/h3-7,10,12H,8-9,11H2,1-2H3/t12-/m0/s1. The van der Waals surface area contributed by atoms with E-state index >= 15 is 0 Å². The van der Waals surface area contributed by atoms with Gasteiger partial charge in [-0.2, -0.15) is 0 Å². The van der Waals surface area contributed by atoms with Gasteiger partial charge in [-0.3, -0.25) is 9.59 Å². The molecule has 1 aliphatic heterocycles. The number of amides is 1. The van der Waals surface area contributed by atoms with Gasteiger partial charge in [0.15, 0.2) is 11.4 Å². The SMILES string of the molecule is C[C@@H]1n2cc(Br)c(=O)c(OCc3ccccc3)c2C(=O)N(C)C12CC2. The van der Waals surface area contributed by atoms with Crippen LogP contribution in [0.5, 0.6) is 5.75 Å². The van der Waals surface area contributed by atoms with Gasteiger partial charge in [0, 0.05) is 13.2 Å². The molecule has 2 aliphatic rings. The first-order chi connectivity index (χ1) is 12.0. The van der Waals surface area contributed by atoms with Crippen LogP contribution >= 0.6 is 15.9 Å². The number of hydrogen-bond acceptors (Lipinski definition) is 3. The van der Waals surface area contributed by atoms with Crippen molar-refractivity contribution in [2.45, 2.75) is 38.0 Å². The summed E-state index contributed by atoms with van der Waals surface area (Å²) in [5.74, 6) is -0.0271. The van der Waals surface area contributed by atoms with Crippen molar-refractivity contribution in [3.05, 3.63) is 62.5 Å². The van der Waals surface area contributed by atoms with Crippen LogP contribution in [0.4, 0.5) is 0 Å². The summed E-state index contributed by atoms with van der Waals surface area (Å²) in [6.07, 6.45) is 3.70. The smallest absolute Gasteiger partial charge is 0.274 e. The predicted molar refractivity (Wildman–Crippen MR) is 97.9 cm³/mol. The van der Waals surface area contributed by atoms with Crippen molar-refractivity contribution in [2.24, 2.45) is 0 Å². The molecule has 0 radical (unpaired) electrons. The lowest BCUT2D eigenvalue weighted by Gasteiger charge is -2.41. The summed E-state index contributed by atoms with van der Waals surface area (Å²) >= 11 is 3.33. The quantitative estimate of drug-likeness (QED) is 0.790. The third kappa shape index (κ3) is 2.42. The van der Waals surface area contributed by atoms with Gasteiger partial charge in [0.1, 0.15) is 6.61 Å². The fourth-order valence-electron chi connectivity index (χ4n) is 3.74. The fourth-order valence-corrected chi connectivity index (χ4v) is 4.14. The number of fused-ring (bicyclic) bond motifs is 1. The number of halogens is 1. The third-order valence-electron chi connectivity index (χ3n) is 5.51. The molecule has 1 amide bonds. The molecule has 25 heavy (non-hydrogen) atoms. The Bertz CT molecular complexity index is 903. The fraction of sp³-hybridized carbons (Fsp3) is 0.368. The molecular weight excluding hydrogens is 384 g/mol. The van der Waals surface area contributed by atoms with Gasteiger partial charge in [0.25, 0.3) is 5.91 Å². The van der Waals surface area contributed by atoms with Crippen LogP contribution in [0.2, 0.25) is 0 Å². The number of rotatable bonds is 3. The molecule has 0 N–H and O–H groups in total. The van der Waals surface area contributed by atoms with Gasteiger partial charge in [0.05, 0.1) is 16.1 Å². The van der Waals surface area contributed by atoms with Gasteiger partial charge in [-0.1, -0.05) is 30.3 Å². The van der Waals surface area contributed by atoms with Gasteiger partial charge in [-0.05, 0) is 41.3 Å². The van der Waals surface area contributed by atoms with E-state index in [1.165, 1.54) is 0 Å². The number of hydrogen-bond donors (Lipinski definition) is 0. The molecular formula is C19H19BrN2O3. The van der Waals surface area contributed by atoms with Crippen LogP contribution in [-0.4, -0.2) is 28.0 Å². The molecule has 1 atom stereocenters. The van der Waals surface area contributed by atoms with E-state index in [2.05, 4.69) is 22.9 Å². The predicted octanol–water partition coefficient (Wildman–Crippen LogP) is 3.37. The van der Waals surface area contributed by atoms with E-state index in [-0.39, 0.29) is 35.3 Å². The Hall–Kier alpha value is -2.08. The van der Waals surface area contributed by atoms with E-state index in [1.807, 2.05) is 41.9 Å². The summed E-state index contributed by atoms with van der Waals surface area (Å²) in [5.41, 5.74) is 0.874. The molecule has 0 bridgehead atoms. The van der Waals surface area contributed by atoms with E-state index in [1.54, 1.807) is 11.1 Å². The Morgan fingerprint density at radius 2 is 1.92 bits per heavy atom. The number of aromatic nitrogens is 1. The van der Waals surface area contributed by atoms with Gasteiger partial charge in [-0.25, -0.2) is 0 Å². The summed E-state index contributed by atoms with van der Waals surface area (Å²) < 4.78 is 8.17. The maximum absolute atomic E-state index is 13.0. The molecule has 5 nitrogen and oxygen atoms in total. The first-order valence-electron chi connectivity index (χ1n) is 8.35. The number of likely N-dealkylation sites (N-methyl/N-ethyl adjacent to an activating group) is 1. The second-order valence-electron chi connectivity index (χ2n) is 6.81. The Morgan fingerprint density at radius 3 is 2.56 bits per heavy atom. The molecule has 0 saturated heterocycles. The van der Waals surface area contributed by atoms with Crippen LogP contribution in [0.15, 0.2) is 45.8 Å². The molecule has 0 unspecified atom stereocenters. The van der Waals surface area contributed by atoms with Gasteiger partial charge >= 0.3 is 0 Å². The molecule has 1 aromatic carbocycles. The summed E-state index contributed by atoms with van der Waals surface area (Å²) in [5, 5.41) is 0. The Balaban J connectivity index is 1.80. The highest BCUT2D eigenvalue weighted by molar-refractivity contribution is 9.10. The van der Waals surface area contributed by atoms with E-state index in [0.717, 1.165) is 18.4 Å². The van der Waals surface area contributed by atoms with E-state index in [4.69, 9.17) is 4.74 Å². The van der Waals surface area contributed by atoms with E-state index < -0.39 is 0 Å². The van der Waals surface area contributed by atoms with Crippen molar-refractivity contribution < 1.29 is 9.53 Å². The number of nitrogens with zero attached hydrogens (tertiary/aromatic N) is 2. The average molecular weight is 403 g/mol. The summed E-state index contributed by atoms with van der Waals surface area (Å²) in [6, 6.07) is 9.71. The minimum atomic E-state index is -0.289. The molecule has 1 aliphatic carbocycles. The number of pyridine rings is 1. The van der Waals surface area contributed by atoms with Crippen molar-refractivity contribution in [1.82, 2.24) is 9.47 Å². The monoisotopic (exact) mass is 402 g/mol. The van der Waals surface area contributed by atoms with E-state index in [0.29, 0.717) is 10.2 Å². The number of carbonyl (C=O) groups excluding carboxylic acids is 1. The number of benzene rings is 1.